The summed E-state index contributed by atoms with van der Waals surface area (Å²) in [6, 6.07) is 12.9. The zero-order valence-electron chi connectivity index (χ0n) is 17.3. The number of carbonyl (C=O) groups is 1. The van der Waals surface area contributed by atoms with Gasteiger partial charge in [0.05, 0.1) is 13.0 Å². The number of hydrogen-bond acceptors (Lipinski definition) is 5. The van der Waals surface area contributed by atoms with Gasteiger partial charge < -0.3 is 13.9 Å². The van der Waals surface area contributed by atoms with Crippen LogP contribution in [0.25, 0.3) is 11.0 Å². The van der Waals surface area contributed by atoms with E-state index in [-0.39, 0.29) is 25.6 Å². The topological polar surface area (TPSA) is 65.7 Å². The van der Waals surface area contributed by atoms with Crippen molar-refractivity contribution in [2.24, 2.45) is 0 Å². The molecule has 0 aliphatic rings. The van der Waals surface area contributed by atoms with Crippen LogP contribution in [0, 0.1) is 13.8 Å². The van der Waals surface area contributed by atoms with Crippen LogP contribution in [0.5, 0.6) is 5.75 Å². The third-order valence-electron chi connectivity index (χ3n) is 4.82. The third-order valence-corrected chi connectivity index (χ3v) is 4.82. The Morgan fingerprint density at radius 1 is 1.07 bits per heavy atom. The lowest BCUT2D eigenvalue weighted by Crippen LogP contribution is -2.11. The first-order valence-electron chi connectivity index (χ1n) is 9.76. The summed E-state index contributed by atoms with van der Waals surface area (Å²) in [4.78, 5) is 24.0. The van der Waals surface area contributed by atoms with E-state index in [2.05, 4.69) is 13.8 Å². The Labute approximate surface area is 170 Å². The molecule has 1 heterocycles. The average molecular weight is 394 g/mol. The standard InChI is InChI=1S/C24H26O5/c1-15(2)20-13-21-18(12-24(26)29-22(21)11-17(20)4)14-28-23(25)9-10-27-19-7-5-16(3)6-8-19/h5-8,11-13,15H,9-10,14H2,1-4H3. The lowest BCUT2D eigenvalue weighted by molar-refractivity contribution is -0.145. The largest absolute Gasteiger partial charge is 0.493 e. The Kier molecular flexibility index (Phi) is 6.37. The van der Waals surface area contributed by atoms with Gasteiger partial charge in [-0.2, -0.15) is 0 Å². The summed E-state index contributed by atoms with van der Waals surface area (Å²) < 4.78 is 16.3. The van der Waals surface area contributed by atoms with Crippen molar-refractivity contribution in [2.45, 2.75) is 46.6 Å². The highest BCUT2D eigenvalue weighted by Gasteiger charge is 2.13. The van der Waals surface area contributed by atoms with Crippen molar-refractivity contribution in [1.29, 1.82) is 0 Å². The summed E-state index contributed by atoms with van der Waals surface area (Å²) in [5.41, 5.74) is 4.08. The van der Waals surface area contributed by atoms with Crippen LogP contribution >= 0.6 is 0 Å². The monoisotopic (exact) mass is 394 g/mol. The minimum absolute atomic E-state index is 0.0199. The SMILES string of the molecule is Cc1ccc(OCCC(=O)OCc2cc(=O)oc3cc(C)c(C(C)C)cc23)cc1. The molecular formula is C24H26O5. The van der Waals surface area contributed by atoms with Gasteiger partial charge in [-0.1, -0.05) is 31.5 Å². The number of esters is 1. The van der Waals surface area contributed by atoms with Gasteiger partial charge in [-0.05, 0) is 55.2 Å². The molecule has 2 aromatic carbocycles. The fourth-order valence-corrected chi connectivity index (χ4v) is 3.25. The number of hydrogen-bond donors (Lipinski definition) is 0. The van der Waals surface area contributed by atoms with E-state index in [1.807, 2.05) is 50.2 Å². The summed E-state index contributed by atoms with van der Waals surface area (Å²) >= 11 is 0. The number of fused-ring (bicyclic) bond motifs is 1. The summed E-state index contributed by atoms with van der Waals surface area (Å²) in [6.45, 7) is 8.47. The van der Waals surface area contributed by atoms with E-state index in [0.29, 0.717) is 22.8 Å². The van der Waals surface area contributed by atoms with E-state index >= 15 is 0 Å². The lowest BCUT2D eigenvalue weighted by atomic mass is 9.95. The van der Waals surface area contributed by atoms with Crippen LogP contribution in [0.15, 0.2) is 51.7 Å². The molecule has 29 heavy (non-hydrogen) atoms. The Bertz CT molecular complexity index is 1060. The number of carbonyl (C=O) groups excluding carboxylic acids is 1. The van der Waals surface area contributed by atoms with Gasteiger partial charge in [-0.3, -0.25) is 4.79 Å². The van der Waals surface area contributed by atoms with E-state index in [9.17, 15) is 9.59 Å². The van der Waals surface area contributed by atoms with Gasteiger partial charge in [0, 0.05) is 17.0 Å². The Morgan fingerprint density at radius 2 is 1.79 bits per heavy atom. The van der Waals surface area contributed by atoms with Crippen LogP contribution in [0.1, 0.15) is 48.4 Å². The number of ether oxygens (including phenoxy) is 2. The highest BCUT2D eigenvalue weighted by Crippen LogP contribution is 2.27. The highest BCUT2D eigenvalue weighted by atomic mass is 16.5. The zero-order chi connectivity index (χ0) is 21.0. The van der Waals surface area contributed by atoms with Crippen molar-refractivity contribution < 1.29 is 18.7 Å². The smallest absolute Gasteiger partial charge is 0.336 e. The predicted molar refractivity (Wildman–Crippen MR) is 112 cm³/mol. The molecule has 0 aliphatic heterocycles. The second-order valence-corrected chi connectivity index (χ2v) is 7.52. The van der Waals surface area contributed by atoms with E-state index in [0.717, 1.165) is 16.5 Å². The molecule has 0 unspecified atom stereocenters. The van der Waals surface area contributed by atoms with E-state index in [1.54, 1.807) is 0 Å². The van der Waals surface area contributed by atoms with Crippen molar-refractivity contribution >= 4 is 16.9 Å². The molecule has 0 spiro atoms. The molecule has 3 aromatic rings. The third kappa shape index (κ3) is 5.25. The molecule has 0 saturated carbocycles. The molecule has 0 atom stereocenters. The summed E-state index contributed by atoms with van der Waals surface area (Å²) in [5, 5.41) is 0.794. The number of rotatable bonds is 7. The molecule has 5 nitrogen and oxygen atoms in total. The quantitative estimate of drug-likeness (QED) is 0.415. The number of benzene rings is 2. The molecule has 0 fully saturated rings. The summed E-state index contributed by atoms with van der Waals surface area (Å²) in [5.74, 6) is 0.669. The first-order valence-corrected chi connectivity index (χ1v) is 9.76. The van der Waals surface area contributed by atoms with Crippen LogP contribution in [0.4, 0.5) is 0 Å². The highest BCUT2D eigenvalue weighted by molar-refractivity contribution is 5.82. The molecular weight excluding hydrogens is 368 g/mol. The maximum absolute atomic E-state index is 12.1. The van der Waals surface area contributed by atoms with Gasteiger partial charge in [0.1, 0.15) is 17.9 Å². The minimum Gasteiger partial charge on any atom is -0.493 e. The fourth-order valence-electron chi connectivity index (χ4n) is 3.25. The molecule has 0 N–H and O–H groups in total. The first kappa shape index (κ1) is 20.6. The molecule has 0 amide bonds. The van der Waals surface area contributed by atoms with Gasteiger partial charge >= 0.3 is 11.6 Å². The van der Waals surface area contributed by atoms with Gasteiger partial charge in [0.25, 0.3) is 0 Å². The lowest BCUT2D eigenvalue weighted by Gasteiger charge is -2.13. The fraction of sp³-hybridized carbons (Fsp3) is 0.333. The predicted octanol–water partition coefficient (Wildman–Crippen LogP) is 5.05. The molecule has 0 saturated heterocycles. The number of aryl methyl sites for hydroxylation is 2. The zero-order valence-corrected chi connectivity index (χ0v) is 17.3. The first-order chi connectivity index (χ1) is 13.8. The van der Waals surface area contributed by atoms with Crippen LogP contribution < -0.4 is 10.4 Å². The second-order valence-electron chi connectivity index (χ2n) is 7.52. The van der Waals surface area contributed by atoms with E-state index in [4.69, 9.17) is 13.9 Å². The summed E-state index contributed by atoms with van der Waals surface area (Å²) in [7, 11) is 0. The minimum atomic E-state index is -0.456. The van der Waals surface area contributed by atoms with Gasteiger partial charge in [0.15, 0.2) is 0 Å². The summed E-state index contributed by atoms with van der Waals surface area (Å²) in [6.07, 6.45) is 0.129. The van der Waals surface area contributed by atoms with Crippen molar-refractivity contribution in [2.75, 3.05) is 6.61 Å². The van der Waals surface area contributed by atoms with Crippen LogP contribution in [0.2, 0.25) is 0 Å². The van der Waals surface area contributed by atoms with Crippen molar-refractivity contribution in [3.8, 4) is 5.75 Å². The van der Waals surface area contributed by atoms with Gasteiger partial charge in [-0.15, -0.1) is 0 Å². The van der Waals surface area contributed by atoms with Crippen LogP contribution in [0.3, 0.4) is 0 Å². The van der Waals surface area contributed by atoms with Gasteiger partial charge in [0.2, 0.25) is 0 Å². The molecule has 0 aliphatic carbocycles. The van der Waals surface area contributed by atoms with Crippen molar-refractivity contribution in [1.82, 2.24) is 0 Å². The van der Waals surface area contributed by atoms with E-state index in [1.165, 1.54) is 11.6 Å². The maximum atomic E-state index is 12.1. The van der Waals surface area contributed by atoms with Crippen molar-refractivity contribution in [3.05, 3.63) is 75.1 Å². The Morgan fingerprint density at radius 3 is 2.48 bits per heavy atom. The molecule has 5 heteroatoms. The van der Waals surface area contributed by atoms with Crippen molar-refractivity contribution in [3.63, 3.8) is 0 Å². The molecule has 0 bridgehead atoms. The Hall–Kier alpha value is -3.08. The maximum Gasteiger partial charge on any atom is 0.336 e. The Balaban J connectivity index is 1.66. The van der Waals surface area contributed by atoms with Gasteiger partial charge in [-0.25, -0.2) is 4.79 Å². The van der Waals surface area contributed by atoms with E-state index < -0.39 is 5.63 Å². The molecule has 1 aromatic heterocycles. The molecule has 0 radical (unpaired) electrons. The van der Waals surface area contributed by atoms with Crippen LogP contribution in [-0.2, 0) is 16.1 Å². The molecule has 152 valence electrons. The second kappa shape index (κ2) is 8.95. The molecule has 3 rings (SSSR count). The van der Waals surface area contributed by atoms with Crippen LogP contribution in [-0.4, -0.2) is 12.6 Å². The average Bonchev–Trinajstić information content (AvgIpc) is 2.66. The normalized spacial score (nSPS) is 11.1.